The smallest absolute Gasteiger partial charge is 0.405 e. The molecule has 0 aliphatic carbocycles. The molecule has 1 fully saturated rings. The molecule has 0 unspecified atom stereocenters. The number of carbonyl (C=O) groups is 1. The zero-order valence-corrected chi connectivity index (χ0v) is 19.4. The second kappa shape index (κ2) is 9.00. The first kappa shape index (κ1) is 26.8. The minimum absolute atomic E-state index is 0.198. The van der Waals surface area contributed by atoms with Gasteiger partial charge in [0, 0.05) is 25.3 Å². The highest BCUT2D eigenvalue weighted by atomic mass is 32.2. The van der Waals surface area contributed by atoms with E-state index in [-0.39, 0.29) is 13.1 Å². The summed E-state index contributed by atoms with van der Waals surface area (Å²) in [7, 11) is -8.06. The predicted octanol–water partition coefficient (Wildman–Crippen LogP) is 3.55. The molecule has 0 bridgehead atoms. The van der Waals surface area contributed by atoms with E-state index in [9.17, 15) is 48.0 Å². The number of halogens is 6. The molecule has 3 rings (SSSR count). The van der Waals surface area contributed by atoms with E-state index in [2.05, 4.69) is 4.74 Å². The van der Waals surface area contributed by atoms with Crippen LogP contribution in [0.15, 0.2) is 52.3 Å². The van der Waals surface area contributed by atoms with Crippen molar-refractivity contribution in [3.63, 3.8) is 0 Å². The zero-order chi connectivity index (χ0) is 26.4. The number of hydrogen-bond donors (Lipinski definition) is 0. The SMILES string of the molecule is CS(=O)(=O)c1ccc(C(=O)N2CC(CS(=O)(=O)c3cccc(C(F)(F)F)c3)C2)c(OC(F)(F)F)c1. The number of likely N-dealkylation sites (tertiary alicyclic amines) is 1. The maximum absolute atomic E-state index is 12.9. The van der Waals surface area contributed by atoms with E-state index in [1.165, 1.54) is 0 Å². The summed E-state index contributed by atoms with van der Waals surface area (Å²) in [6, 6.07) is 5.53. The Bertz CT molecular complexity index is 1350. The average molecular weight is 545 g/mol. The summed E-state index contributed by atoms with van der Waals surface area (Å²) >= 11 is 0. The largest absolute Gasteiger partial charge is 0.573 e. The Labute approximate surface area is 196 Å². The molecule has 1 amide bonds. The number of benzene rings is 2. The third-order valence-electron chi connectivity index (χ3n) is 5.06. The van der Waals surface area contributed by atoms with Crippen molar-refractivity contribution in [3.05, 3.63) is 53.6 Å². The molecule has 35 heavy (non-hydrogen) atoms. The van der Waals surface area contributed by atoms with Gasteiger partial charge in [0.2, 0.25) is 0 Å². The number of ether oxygens (including phenoxy) is 1. The highest BCUT2D eigenvalue weighted by Crippen LogP contribution is 2.33. The van der Waals surface area contributed by atoms with E-state index < -0.39 is 76.5 Å². The van der Waals surface area contributed by atoms with Gasteiger partial charge in [-0.25, -0.2) is 16.8 Å². The fourth-order valence-electron chi connectivity index (χ4n) is 3.40. The fraction of sp³-hybridized carbons (Fsp3) is 0.350. The molecule has 1 heterocycles. The van der Waals surface area contributed by atoms with Crippen LogP contribution in [0.25, 0.3) is 0 Å². The van der Waals surface area contributed by atoms with Crippen molar-refractivity contribution in [3.8, 4) is 5.75 Å². The maximum Gasteiger partial charge on any atom is 0.573 e. The molecule has 1 aliphatic rings. The Morgan fingerprint density at radius 2 is 1.60 bits per heavy atom. The molecule has 192 valence electrons. The summed E-state index contributed by atoms with van der Waals surface area (Å²) in [5, 5.41) is 0. The zero-order valence-electron chi connectivity index (χ0n) is 17.7. The molecule has 7 nitrogen and oxygen atoms in total. The summed E-state index contributed by atoms with van der Waals surface area (Å²) in [4.78, 5) is 12.6. The average Bonchev–Trinajstić information content (AvgIpc) is 2.67. The molecule has 0 aromatic heterocycles. The van der Waals surface area contributed by atoms with Crippen LogP contribution in [0.5, 0.6) is 5.75 Å². The summed E-state index contributed by atoms with van der Waals surface area (Å²) in [5.74, 6) is -3.26. The number of rotatable bonds is 6. The molecule has 0 spiro atoms. The third-order valence-corrected chi connectivity index (χ3v) is 8.05. The first-order valence-corrected chi connectivity index (χ1v) is 13.2. The highest BCUT2D eigenvalue weighted by Gasteiger charge is 2.39. The summed E-state index contributed by atoms with van der Waals surface area (Å²) in [6.45, 7) is -0.396. The predicted molar refractivity (Wildman–Crippen MR) is 109 cm³/mol. The summed E-state index contributed by atoms with van der Waals surface area (Å²) in [6.07, 6.45) is -9.21. The van der Waals surface area contributed by atoms with Gasteiger partial charge in [-0.15, -0.1) is 13.2 Å². The Balaban J connectivity index is 1.75. The lowest BCUT2D eigenvalue weighted by Gasteiger charge is -2.39. The third kappa shape index (κ3) is 6.45. The number of sulfone groups is 2. The van der Waals surface area contributed by atoms with E-state index in [0.717, 1.165) is 41.5 Å². The molecule has 2 aromatic carbocycles. The van der Waals surface area contributed by atoms with Crippen molar-refractivity contribution in [2.45, 2.75) is 22.3 Å². The molecular formula is C20H17F6NO6S2. The molecule has 2 aromatic rings. The minimum Gasteiger partial charge on any atom is -0.405 e. The first-order valence-electron chi connectivity index (χ1n) is 9.66. The fourth-order valence-corrected chi connectivity index (χ4v) is 5.66. The van der Waals surface area contributed by atoms with Crippen LogP contribution in [0.2, 0.25) is 0 Å². The maximum atomic E-state index is 12.9. The Kier molecular flexibility index (Phi) is 6.89. The standard InChI is InChI=1S/C20H17F6NO6S2/c1-34(29,30)14-5-6-16(17(8-14)33-20(24,25)26)18(28)27-9-12(10-27)11-35(31,32)15-4-2-3-13(7-15)19(21,22)23/h2-8,12H,9-11H2,1H3. The van der Waals surface area contributed by atoms with Gasteiger partial charge in [-0.1, -0.05) is 6.07 Å². The Hall–Kier alpha value is -2.81. The van der Waals surface area contributed by atoms with Gasteiger partial charge >= 0.3 is 12.5 Å². The van der Waals surface area contributed by atoms with Gasteiger partial charge in [-0.05, 0) is 36.4 Å². The lowest BCUT2D eigenvalue weighted by molar-refractivity contribution is -0.274. The van der Waals surface area contributed by atoms with E-state index in [1.807, 2.05) is 0 Å². The lowest BCUT2D eigenvalue weighted by atomic mass is 10.0. The van der Waals surface area contributed by atoms with E-state index in [1.54, 1.807) is 0 Å². The van der Waals surface area contributed by atoms with Gasteiger partial charge in [0.15, 0.2) is 19.7 Å². The Morgan fingerprint density at radius 1 is 0.971 bits per heavy atom. The van der Waals surface area contributed by atoms with Crippen LogP contribution in [0.3, 0.4) is 0 Å². The molecule has 1 aliphatic heterocycles. The van der Waals surface area contributed by atoms with Gasteiger partial charge in [-0.3, -0.25) is 4.79 Å². The van der Waals surface area contributed by atoms with Crippen LogP contribution in [0, 0.1) is 5.92 Å². The second-order valence-electron chi connectivity index (χ2n) is 7.86. The summed E-state index contributed by atoms with van der Waals surface area (Å²) in [5.41, 5.74) is -1.73. The van der Waals surface area contributed by atoms with Gasteiger partial charge < -0.3 is 9.64 Å². The Morgan fingerprint density at radius 3 is 2.14 bits per heavy atom. The van der Waals surface area contributed by atoms with Crippen LogP contribution in [0.1, 0.15) is 15.9 Å². The minimum atomic E-state index is -5.22. The van der Waals surface area contributed by atoms with Crippen molar-refractivity contribution < 1.29 is 52.7 Å². The molecule has 1 saturated heterocycles. The highest BCUT2D eigenvalue weighted by molar-refractivity contribution is 7.91. The topological polar surface area (TPSA) is 97.8 Å². The van der Waals surface area contributed by atoms with Crippen LogP contribution in [-0.2, 0) is 25.9 Å². The molecule has 0 radical (unpaired) electrons. The van der Waals surface area contributed by atoms with Gasteiger partial charge in [-0.2, -0.15) is 13.2 Å². The van der Waals surface area contributed by atoms with E-state index >= 15 is 0 Å². The van der Waals surface area contributed by atoms with Crippen molar-refractivity contribution in [2.24, 2.45) is 5.92 Å². The van der Waals surface area contributed by atoms with Gasteiger partial charge in [0.25, 0.3) is 5.91 Å². The summed E-state index contributed by atoms with van der Waals surface area (Å²) < 4.78 is 129. The quantitative estimate of drug-likeness (QED) is 0.515. The number of alkyl halides is 6. The van der Waals surface area contributed by atoms with Crippen LogP contribution in [-0.4, -0.2) is 59.1 Å². The molecule has 0 N–H and O–H groups in total. The monoisotopic (exact) mass is 545 g/mol. The normalized spacial score (nSPS) is 15.6. The molecule has 15 heteroatoms. The van der Waals surface area contributed by atoms with E-state index in [0.29, 0.717) is 12.1 Å². The number of carbonyl (C=O) groups excluding carboxylic acids is 1. The molecule has 0 saturated carbocycles. The molecule has 0 atom stereocenters. The first-order chi connectivity index (χ1) is 15.9. The van der Waals surface area contributed by atoms with Crippen LogP contribution >= 0.6 is 0 Å². The second-order valence-corrected chi connectivity index (χ2v) is 11.9. The number of hydrogen-bond acceptors (Lipinski definition) is 6. The van der Waals surface area contributed by atoms with Gasteiger partial charge in [0.05, 0.1) is 26.7 Å². The molecular weight excluding hydrogens is 528 g/mol. The number of nitrogens with zero attached hydrogens (tertiary/aromatic N) is 1. The van der Waals surface area contributed by atoms with Crippen LogP contribution in [0.4, 0.5) is 26.3 Å². The van der Waals surface area contributed by atoms with Gasteiger partial charge in [0.1, 0.15) is 5.75 Å². The van der Waals surface area contributed by atoms with Crippen molar-refractivity contribution in [1.82, 2.24) is 4.90 Å². The van der Waals surface area contributed by atoms with Crippen molar-refractivity contribution >= 4 is 25.6 Å². The van der Waals surface area contributed by atoms with Crippen molar-refractivity contribution in [1.29, 1.82) is 0 Å². The lowest BCUT2D eigenvalue weighted by Crippen LogP contribution is -2.52. The van der Waals surface area contributed by atoms with Crippen LogP contribution < -0.4 is 4.74 Å². The number of amides is 1. The van der Waals surface area contributed by atoms with E-state index in [4.69, 9.17) is 0 Å². The van der Waals surface area contributed by atoms with Crippen molar-refractivity contribution in [2.75, 3.05) is 25.1 Å².